The summed E-state index contributed by atoms with van der Waals surface area (Å²) in [5, 5.41) is 8.79. The van der Waals surface area contributed by atoms with Crippen molar-refractivity contribution in [1.82, 2.24) is 4.98 Å². The van der Waals surface area contributed by atoms with Crippen molar-refractivity contribution in [3.05, 3.63) is 47.7 Å². The van der Waals surface area contributed by atoms with Gasteiger partial charge in [0.15, 0.2) is 0 Å². The van der Waals surface area contributed by atoms with Gasteiger partial charge in [-0.25, -0.2) is 4.98 Å². The van der Waals surface area contributed by atoms with Gasteiger partial charge in [-0.2, -0.15) is 5.26 Å². The van der Waals surface area contributed by atoms with Gasteiger partial charge in [-0.1, -0.05) is 6.07 Å². The zero-order valence-corrected chi connectivity index (χ0v) is 9.83. The zero-order valence-electron chi connectivity index (χ0n) is 9.83. The highest BCUT2D eigenvalue weighted by Gasteiger charge is 2.09. The molecular weight excluding hydrogens is 244 g/mol. The van der Waals surface area contributed by atoms with Crippen molar-refractivity contribution in [3.8, 4) is 17.7 Å². The van der Waals surface area contributed by atoms with Gasteiger partial charge < -0.3 is 16.2 Å². The first-order chi connectivity index (χ1) is 9.10. The molecule has 0 fully saturated rings. The third-order valence-corrected chi connectivity index (χ3v) is 2.32. The molecule has 94 valence electrons. The van der Waals surface area contributed by atoms with Crippen LogP contribution < -0.4 is 16.2 Å². The quantitative estimate of drug-likeness (QED) is 0.859. The van der Waals surface area contributed by atoms with E-state index in [-0.39, 0.29) is 17.3 Å². The first-order valence-electron chi connectivity index (χ1n) is 5.34. The average Bonchev–Trinajstić information content (AvgIpc) is 2.41. The molecular formula is C13H10N4O2. The summed E-state index contributed by atoms with van der Waals surface area (Å²) in [6.07, 6.45) is 0. The van der Waals surface area contributed by atoms with Crippen LogP contribution in [0.2, 0.25) is 0 Å². The molecule has 1 aromatic carbocycles. The van der Waals surface area contributed by atoms with E-state index in [0.717, 1.165) is 0 Å². The molecule has 6 nitrogen and oxygen atoms in total. The van der Waals surface area contributed by atoms with Crippen LogP contribution in [0.25, 0.3) is 0 Å². The second-order valence-corrected chi connectivity index (χ2v) is 3.70. The summed E-state index contributed by atoms with van der Waals surface area (Å²) in [6.45, 7) is 0. The minimum absolute atomic E-state index is 0.0561. The Morgan fingerprint density at radius 1 is 1.32 bits per heavy atom. The molecule has 0 spiro atoms. The number of nitrogens with two attached hydrogens (primary N) is 2. The first-order valence-corrected chi connectivity index (χ1v) is 5.34. The van der Waals surface area contributed by atoms with E-state index < -0.39 is 5.91 Å². The average molecular weight is 254 g/mol. The van der Waals surface area contributed by atoms with Gasteiger partial charge >= 0.3 is 0 Å². The molecule has 0 aliphatic carbocycles. The number of hydrogen-bond donors (Lipinski definition) is 2. The third-order valence-electron chi connectivity index (χ3n) is 2.32. The Bertz CT molecular complexity index is 677. The van der Waals surface area contributed by atoms with Crippen molar-refractivity contribution in [2.75, 3.05) is 5.73 Å². The van der Waals surface area contributed by atoms with Gasteiger partial charge in [0.05, 0.1) is 17.3 Å². The number of carbonyl (C=O) groups is 1. The highest BCUT2D eigenvalue weighted by Crippen LogP contribution is 2.25. The van der Waals surface area contributed by atoms with Gasteiger partial charge in [-0.05, 0) is 30.3 Å². The van der Waals surface area contributed by atoms with Crippen LogP contribution in [-0.4, -0.2) is 10.9 Å². The number of primary amides is 1. The van der Waals surface area contributed by atoms with Crippen LogP contribution in [0.15, 0.2) is 36.4 Å². The number of amides is 1. The maximum Gasteiger partial charge on any atom is 0.267 e. The Balaban J connectivity index is 2.34. The summed E-state index contributed by atoms with van der Waals surface area (Å²) >= 11 is 0. The molecule has 1 heterocycles. The number of nitrogen functional groups attached to an aromatic ring is 1. The lowest BCUT2D eigenvalue weighted by Gasteiger charge is -2.08. The van der Waals surface area contributed by atoms with Crippen LogP contribution in [0, 0.1) is 11.3 Å². The molecule has 0 radical (unpaired) electrons. The molecule has 0 aliphatic rings. The molecule has 1 aromatic heterocycles. The maximum atomic E-state index is 11.0. The van der Waals surface area contributed by atoms with Gasteiger partial charge in [0.1, 0.15) is 11.4 Å². The van der Waals surface area contributed by atoms with Crippen LogP contribution in [0.5, 0.6) is 11.6 Å². The van der Waals surface area contributed by atoms with E-state index in [2.05, 4.69) is 4.98 Å². The number of benzene rings is 1. The van der Waals surface area contributed by atoms with Crippen molar-refractivity contribution < 1.29 is 9.53 Å². The number of pyridine rings is 1. The highest BCUT2D eigenvalue weighted by atomic mass is 16.5. The number of nitrogens with zero attached hydrogens (tertiary/aromatic N) is 2. The maximum absolute atomic E-state index is 11.0. The van der Waals surface area contributed by atoms with Crippen LogP contribution in [-0.2, 0) is 0 Å². The van der Waals surface area contributed by atoms with Crippen molar-refractivity contribution in [2.24, 2.45) is 5.73 Å². The number of hydrogen-bond acceptors (Lipinski definition) is 5. The summed E-state index contributed by atoms with van der Waals surface area (Å²) in [5.41, 5.74) is 11.6. The van der Waals surface area contributed by atoms with E-state index >= 15 is 0 Å². The normalized spacial score (nSPS) is 9.63. The topological polar surface area (TPSA) is 115 Å². The van der Waals surface area contributed by atoms with E-state index in [1.54, 1.807) is 18.2 Å². The Labute approximate surface area is 109 Å². The molecule has 2 rings (SSSR count). The first kappa shape index (κ1) is 12.4. The number of nitriles is 1. The van der Waals surface area contributed by atoms with Crippen molar-refractivity contribution >= 4 is 11.6 Å². The number of ether oxygens (including phenoxy) is 1. The summed E-state index contributed by atoms with van der Waals surface area (Å²) < 4.78 is 5.45. The standard InChI is InChI=1S/C13H10N4O2/c14-7-8-2-1-3-9(6-8)19-13-10(15)4-5-11(17-13)12(16)18/h1-6H,15H2,(H2,16,18). The summed E-state index contributed by atoms with van der Waals surface area (Å²) in [4.78, 5) is 15.0. The molecule has 0 unspecified atom stereocenters. The summed E-state index contributed by atoms with van der Waals surface area (Å²) in [5.74, 6) is -0.193. The molecule has 19 heavy (non-hydrogen) atoms. The fraction of sp³-hybridized carbons (Fsp3) is 0. The van der Waals surface area contributed by atoms with Crippen molar-refractivity contribution in [1.29, 1.82) is 5.26 Å². The summed E-state index contributed by atoms with van der Waals surface area (Å²) in [7, 11) is 0. The third kappa shape index (κ3) is 2.79. The van der Waals surface area contributed by atoms with E-state index in [1.807, 2.05) is 6.07 Å². The molecule has 1 amide bonds. The minimum Gasteiger partial charge on any atom is -0.437 e. The SMILES string of the molecule is N#Cc1cccc(Oc2nc(C(N)=O)ccc2N)c1. The van der Waals surface area contributed by atoms with Crippen LogP contribution in [0.1, 0.15) is 16.1 Å². The molecule has 0 atom stereocenters. The molecule has 0 bridgehead atoms. The molecule has 0 aliphatic heterocycles. The van der Waals surface area contributed by atoms with Gasteiger partial charge in [0.25, 0.3) is 5.91 Å². The molecule has 4 N–H and O–H groups in total. The van der Waals surface area contributed by atoms with Crippen LogP contribution in [0.3, 0.4) is 0 Å². The smallest absolute Gasteiger partial charge is 0.267 e. The fourth-order valence-electron chi connectivity index (χ4n) is 1.41. The largest absolute Gasteiger partial charge is 0.437 e. The molecule has 0 saturated carbocycles. The Kier molecular flexibility index (Phi) is 3.30. The number of aromatic nitrogens is 1. The van der Waals surface area contributed by atoms with Crippen LogP contribution >= 0.6 is 0 Å². The monoisotopic (exact) mass is 254 g/mol. The number of rotatable bonds is 3. The van der Waals surface area contributed by atoms with Gasteiger partial charge in [-0.3, -0.25) is 4.79 Å². The lowest BCUT2D eigenvalue weighted by atomic mass is 10.2. The number of carbonyl (C=O) groups excluding carboxylic acids is 1. The lowest BCUT2D eigenvalue weighted by Crippen LogP contribution is -2.13. The second-order valence-electron chi connectivity index (χ2n) is 3.70. The minimum atomic E-state index is -0.671. The van der Waals surface area contributed by atoms with Crippen molar-refractivity contribution in [2.45, 2.75) is 0 Å². The molecule has 6 heteroatoms. The van der Waals surface area contributed by atoms with Crippen LogP contribution in [0.4, 0.5) is 5.69 Å². The Morgan fingerprint density at radius 2 is 2.11 bits per heavy atom. The fourth-order valence-corrected chi connectivity index (χ4v) is 1.41. The predicted octanol–water partition coefficient (Wildman–Crippen LogP) is 1.43. The Hall–Kier alpha value is -3.07. The van der Waals surface area contributed by atoms with Gasteiger partial charge in [0.2, 0.25) is 5.88 Å². The summed E-state index contributed by atoms with van der Waals surface area (Å²) in [6, 6.07) is 11.4. The predicted molar refractivity (Wildman–Crippen MR) is 68.4 cm³/mol. The van der Waals surface area contributed by atoms with Gasteiger partial charge in [0, 0.05) is 0 Å². The van der Waals surface area contributed by atoms with E-state index in [0.29, 0.717) is 11.3 Å². The van der Waals surface area contributed by atoms with E-state index in [4.69, 9.17) is 21.5 Å². The highest BCUT2D eigenvalue weighted by molar-refractivity contribution is 5.91. The van der Waals surface area contributed by atoms with E-state index in [1.165, 1.54) is 18.2 Å². The Morgan fingerprint density at radius 3 is 2.79 bits per heavy atom. The van der Waals surface area contributed by atoms with Crippen molar-refractivity contribution in [3.63, 3.8) is 0 Å². The lowest BCUT2D eigenvalue weighted by molar-refractivity contribution is 0.0995. The number of anilines is 1. The zero-order chi connectivity index (χ0) is 13.8. The van der Waals surface area contributed by atoms with Gasteiger partial charge in [-0.15, -0.1) is 0 Å². The molecule has 2 aromatic rings. The molecule has 0 saturated heterocycles. The second kappa shape index (κ2) is 5.06. The van der Waals surface area contributed by atoms with E-state index in [9.17, 15) is 4.79 Å².